The summed E-state index contributed by atoms with van der Waals surface area (Å²) in [5.74, 6) is 1.46. The summed E-state index contributed by atoms with van der Waals surface area (Å²) in [6.07, 6.45) is 0.247. The van der Waals surface area contributed by atoms with Crippen LogP contribution in [0.2, 0.25) is 0 Å². The van der Waals surface area contributed by atoms with E-state index in [-0.39, 0.29) is 26.4 Å². The Kier molecular flexibility index (Phi) is 5.62. The molecule has 0 saturated carbocycles. The van der Waals surface area contributed by atoms with Crippen molar-refractivity contribution >= 4 is 23.3 Å². The van der Waals surface area contributed by atoms with Crippen molar-refractivity contribution in [3.8, 4) is 23.0 Å². The number of rotatable bonds is 6. The van der Waals surface area contributed by atoms with Crippen molar-refractivity contribution in [3.05, 3.63) is 58.9 Å². The summed E-state index contributed by atoms with van der Waals surface area (Å²) in [5, 5.41) is 6.48. The van der Waals surface area contributed by atoms with Crippen molar-refractivity contribution in [1.82, 2.24) is 0 Å². The first-order valence-corrected chi connectivity index (χ1v) is 10.5. The van der Waals surface area contributed by atoms with Gasteiger partial charge >= 0.3 is 11.9 Å². The van der Waals surface area contributed by atoms with Crippen LogP contribution in [-0.4, -0.2) is 39.7 Å². The van der Waals surface area contributed by atoms with Gasteiger partial charge in [-0.3, -0.25) is 0 Å². The molecule has 2 aliphatic heterocycles. The monoisotopic (exact) mass is 466 g/mol. The van der Waals surface area contributed by atoms with Crippen molar-refractivity contribution in [2.24, 2.45) is 0 Å². The summed E-state index contributed by atoms with van der Waals surface area (Å²) in [6, 6.07) is 10.7. The fourth-order valence-electron chi connectivity index (χ4n) is 3.95. The summed E-state index contributed by atoms with van der Waals surface area (Å²) < 4.78 is 31.6. The third kappa shape index (κ3) is 4.05. The average Bonchev–Trinajstić information content (AvgIpc) is 3.52. The first kappa shape index (κ1) is 21.5. The number of allylic oxidation sites excluding steroid dienone is 2. The van der Waals surface area contributed by atoms with Crippen LogP contribution in [0.5, 0.6) is 23.0 Å². The Morgan fingerprint density at radius 3 is 1.50 bits per heavy atom. The average molecular weight is 466 g/mol. The van der Waals surface area contributed by atoms with Crippen LogP contribution < -0.4 is 29.6 Å². The molecule has 0 amide bonds. The lowest BCUT2D eigenvalue weighted by Crippen LogP contribution is -2.24. The van der Waals surface area contributed by atoms with Gasteiger partial charge in [-0.05, 0) is 24.3 Å². The first-order valence-electron chi connectivity index (χ1n) is 10.5. The van der Waals surface area contributed by atoms with Crippen molar-refractivity contribution in [3.63, 3.8) is 0 Å². The number of hydrogen-bond acceptors (Lipinski definition) is 10. The second kappa shape index (κ2) is 8.89. The minimum Gasteiger partial charge on any atom is -0.466 e. The zero-order chi connectivity index (χ0) is 23.7. The van der Waals surface area contributed by atoms with Gasteiger partial charge in [-0.15, -0.1) is 0 Å². The van der Waals surface area contributed by atoms with Gasteiger partial charge in [0.2, 0.25) is 13.6 Å². The maximum atomic E-state index is 12.7. The second-order valence-electron chi connectivity index (χ2n) is 7.64. The zero-order valence-electron chi connectivity index (χ0n) is 18.6. The number of esters is 2. The SMILES string of the molecule is COC(=O)C1=C(Nc2ccc3c(c2)OCO3)CC(C(=O)OC)=C(Nc2ccc3c(c2)OCO3)C1. The number of anilines is 2. The maximum Gasteiger partial charge on any atom is 0.335 e. The zero-order valence-corrected chi connectivity index (χ0v) is 18.6. The Labute approximate surface area is 195 Å². The van der Waals surface area contributed by atoms with E-state index in [9.17, 15) is 9.59 Å². The summed E-state index contributed by atoms with van der Waals surface area (Å²) in [7, 11) is 2.63. The van der Waals surface area contributed by atoms with Gasteiger partial charge in [0.25, 0.3) is 0 Å². The highest BCUT2D eigenvalue weighted by molar-refractivity contribution is 5.96. The van der Waals surface area contributed by atoms with E-state index >= 15 is 0 Å². The van der Waals surface area contributed by atoms with Gasteiger partial charge in [-0.1, -0.05) is 0 Å². The van der Waals surface area contributed by atoms with E-state index in [2.05, 4.69) is 10.6 Å². The number of fused-ring (bicyclic) bond motifs is 2. The minimum atomic E-state index is -0.503. The molecule has 0 aromatic heterocycles. The molecule has 0 bridgehead atoms. The molecule has 0 fully saturated rings. The molecule has 3 aliphatic rings. The number of benzene rings is 2. The molecule has 0 saturated heterocycles. The number of carbonyl (C=O) groups is 2. The quantitative estimate of drug-likeness (QED) is 0.615. The van der Waals surface area contributed by atoms with Gasteiger partial charge in [0.1, 0.15) is 0 Å². The third-order valence-corrected chi connectivity index (χ3v) is 5.63. The third-order valence-electron chi connectivity index (χ3n) is 5.63. The second-order valence-corrected chi connectivity index (χ2v) is 7.64. The molecule has 5 rings (SSSR count). The van der Waals surface area contributed by atoms with Crippen LogP contribution in [-0.2, 0) is 19.1 Å². The Hall–Kier alpha value is -4.34. The van der Waals surface area contributed by atoms with Crippen molar-refractivity contribution in [2.45, 2.75) is 12.8 Å². The van der Waals surface area contributed by atoms with E-state index in [0.29, 0.717) is 56.9 Å². The highest BCUT2D eigenvalue weighted by Gasteiger charge is 2.30. The van der Waals surface area contributed by atoms with E-state index in [0.717, 1.165) is 0 Å². The highest BCUT2D eigenvalue weighted by atomic mass is 16.7. The van der Waals surface area contributed by atoms with Gasteiger partial charge in [-0.2, -0.15) is 0 Å². The van der Waals surface area contributed by atoms with Crippen LogP contribution >= 0.6 is 0 Å². The Morgan fingerprint density at radius 1 is 0.676 bits per heavy atom. The van der Waals surface area contributed by atoms with Gasteiger partial charge in [0.05, 0.1) is 25.4 Å². The molecular formula is C24H22N2O8. The predicted molar refractivity (Wildman–Crippen MR) is 120 cm³/mol. The summed E-state index contributed by atoms with van der Waals surface area (Å²) >= 11 is 0. The largest absolute Gasteiger partial charge is 0.466 e. The molecule has 34 heavy (non-hydrogen) atoms. The lowest BCUT2D eigenvalue weighted by molar-refractivity contribution is -0.137. The van der Waals surface area contributed by atoms with Crippen LogP contribution in [0.25, 0.3) is 0 Å². The fraction of sp³-hybridized carbons (Fsp3) is 0.250. The number of hydrogen-bond donors (Lipinski definition) is 2. The molecule has 2 heterocycles. The fourth-order valence-corrected chi connectivity index (χ4v) is 3.95. The van der Waals surface area contributed by atoms with Crippen LogP contribution in [0.15, 0.2) is 58.9 Å². The van der Waals surface area contributed by atoms with E-state index < -0.39 is 11.9 Å². The number of carbonyl (C=O) groups excluding carboxylic acids is 2. The number of methoxy groups -OCH3 is 2. The van der Waals surface area contributed by atoms with E-state index in [4.69, 9.17) is 28.4 Å². The molecule has 0 spiro atoms. The lowest BCUT2D eigenvalue weighted by atomic mass is 9.92. The molecule has 176 valence electrons. The molecule has 10 nitrogen and oxygen atoms in total. The van der Waals surface area contributed by atoms with E-state index in [1.54, 1.807) is 36.4 Å². The van der Waals surface area contributed by atoms with Crippen molar-refractivity contribution in [1.29, 1.82) is 0 Å². The first-order chi connectivity index (χ1) is 16.6. The molecule has 0 atom stereocenters. The molecule has 2 aromatic carbocycles. The van der Waals surface area contributed by atoms with E-state index in [1.807, 2.05) is 0 Å². The summed E-state index contributed by atoms with van der Waals surface area (Å²) in [4.78, 5) is 25.4. The normalized spacial score (nSPS) is 15.8. The van der Waals surface area contributed by atoms with Gasteiger partial charge in [0.15, 0.2) is 23.0 Å². The number of nitrogens with one attached hydrogen (secondary N) is 2. The number of ether oxygens (including phenoxy) is 6. The predicted octanol–water partition coefficient (Wildman–Crippen LogP) is 3.32. The molecule has 2 aromatic rings. The molecule has 0 unspecified atom stereocenters. The van der Waals surface area contributed by atoms with Crippen molar-refractivity contribution < 1.29 is 38.0 Å². The maximum absolute atomic E-state index is 12.7. The van der Waals surface area contributed by atoms with E-state index in [1.165, 1.54) is 14.2 Å². The molecule has 0 radical (unpaired) electrons. The van der Waals surface area contributed by atoms with Crippen LogP contribution in [0.4, 0.5) is 11.4 Å². The standard InChI is InChI=1S/C24H22N2O8/c1-29-23(27)15-9-18(26-14-4-6-20-22(8-14)34-12-32-20)16(24(28)30-2)10-17(15)25-13-3-5-19-21(7-13)33-11-31-19/h3-8,25-26H,9-12H2,1-2H3. The summed E-state index contributed by atoms with van der Waals surface area (Å²) in [6.45, 7) is 0.304. The van der Waals surface area contributed by atoms with Gasteiger partial charge in [-0.25, -0.2) is 9.59 Å². The molecule has 2 N–H and O–H groups in total. The lowest BCUT2D eigenvalue weighted by Gasteiger charge is -2.25. The van der Waals surface area contributed by atoms with Crippen LogP contribution in [0, 0.1) is 0 Å². The smallest absolute Gasteiger partial charge is 0.335 e. The minimum absolute atomic E-state index is 0.123. The molecular weight excluding hydrogens is 444 g/mol. The molecule has 10 heteroatoms. The molecule has 1 aliphatic carbocycles. The van der Waals surface area contributed by atoms with Crippen molar-refractivity contribution in [2.75, 3.05) is 38.4 Å². The van der Waals surface area contributed by atoms with Gasteiger partial charge in [0, 0.05) is 47.7 Å². The topological polar surface area (TPSA) is 114 Å². The van der Waals surface area contributed by atoms with Crippen LogP contribution in [0.3, 0.4) is 0 Å². The highest BCUT2D eigenvalue weighted by Crippen LogP contribution is 2.39. The van der Waals surface area contributed by atoms with Gasteiger partial charge < -0.3 is 39.1 Å². The Morgan fingerprint density at radius 2 is 1.09 bits per heavy atom. The van der Waals surface area contributed by atoms with Crippen LogP contribution in [0.1, 0.15) is 12.8 Å². The Bertz CT molecular complexity index is 1140. The Balaban J connectivity index is 1.46. The summed E-state index contributed by atoms with van der Waals surface area (Å²) in [5.41, 5.74) is 3.19.